The Morgan fingerprint density at radius 3 is 2.52 bits per heavy atom. The fraction of sp³-hybridized carbons (Fsp3) is 0.400. The Labute approximate surface area is 175 Å². The van der Waals surface area contributed by atoms with E-state index in [1.54, 1.807) is 6.08 Å². The van der Waals surface area contributed by atoms with Crippen LogP contribution in [-0.4, -0.2) is 51.0 Å². The molecule has 2 aromatic carbocycles. The molecule has 1 heterocycles. The van der Waals surface area contributed by atoms with E-state index < -0.39 is 0 Å². The van der Waals surface area contributed by atoms with Gasteiger partial charge in [0.1, 0.15) is 6.29 Å². The summed E-state index contributed by atoms with van der Waals surface area (Å²) in [5, 5.41) is 0. The fourth-order valence-corrected chi connectivity index (χ4v) is 3.96. The second-order valence-electron chi connectivity index (χ2n) is 7.88. The Morgan fingerprint density at radius 2 is 1.83 bits per heavy atom. The largest absolute Gasteiger partial charge is 0.374 e. The van der Waals surface area contributed by atoms with Gasteiger partial charge in [0.2, 0.25) is 0 Å². The summed E-state index contributed by atoms with van der Waals surface area (Å²) >= 11 is 0. The summed E-state index contributed by atoms with van der Waals surface area (Å²) in [5.41, 5.74) is 7.72. The molecule has 154 valence electrons. The van der Waals surface area contributed by atoms with Crippen LogP contribution in [0.2, 0.25) is 0 Å². The van der Waals surface area contributed by atoms with Gasteiger partial charge in [0.15, 0.2) is 0 Å². The second kappa shape index (κ2) is 9.75. The van der Waals surface area contributed by atoms with Gasteiger partial charge in [-0.15, -0.1) is 0 Å². The fourth-order valence-electron chi connectivity index (χ4n) is 3.96. The van der Waals surface area contributed by atoms with Crippen molar-refractivity contribution in [3.63, 3.8) is 0 Å². The number of anilines is 2. The molecule has 0 aromatic heterocycles. The molecular formula is C25H33N3O. The second-order valence-corrected chi connectivity index (χ2v) is 7.88. The summed E-state index contributed by atoms with van der Waals surface area (Å²) in [7, 11) is 2.10. The van der Waals surface area contributed by atoms with Crippen molar-refractivity contribution >= 4 is 23.7 Å². The van der Waals surface area contributed by atoms with Crippen LogP contribution in [0.5, 0.6) is 0 Å². The normalized spacial score (nSPS) is 15.1. The Bertz CT molecular complexity index is 866. The Kier molecular flexibility index (Phi) is 7.10. The number of carbonyl (C=O) groups is 1. The smallest absolute Gasteiger partial charge is 0.142 e. The molecule has 29 heavy (non-hydrogen) atoms. The molecule has 0 saturated carbocycles. The lowest BCUT2D eigenvalue weighted by atomic mass is 10.1. The van der Waals surface area contributed by atoms with E-state index in [-0.39, 0.29) is 0 Å². The number of carbonyl (C=O) groups excluding carboxylic acids is 1. The molecule has 0 amide bonds. The van der Waals surface area contributed by atoms with Gasteiger partial charge >= 0.3 is 0 Å². The molecule has 0 atom stereocenters. The number of hydrogen-bond acceptors (Lipinski definition) is 4. The highest BCUT2D eigenvalue weighted by molar-refractivity contribution is 5.78. The number of allylic oxidation sites excluding steroid dienone is 1. The zero-order valence-corrected chi connectivity index (χ0v) is 18.2. The lowest BCUT2D eigenvalue weighted by Gasteiger charge is -2.37. The van der Waals surface area contributed by atoms with E-state index in [2.05, 4.69) is 78.9 Å². The molecule has 4 nitrogen and oxygen atoms in total. The first-order valence-electron chi connectivity index (χ1n) is 10.5. The van der Waals surface area contributed by atoms with Gasteiger partial charge < -0.3 is 9.80 Å². The highest BCUT2D eigenvalue weighted by atomic mass is 16.1. The van der Waals surface area contributed by atoms with Gasteiger partial charge in [-0.1, -0.05) is 24.3 Å². The van der Waals surface area contributed by atoms with Crippen molar-refractivity contribution in [2.45, 2.75) is 27.3 Å². The van der Waals surface area contributed by atoms with E-state index in [0.29, 0.717) is 0 Å². The van der Waals surface area contributed by atoms with E-state index in [0.717, 1.165) is 51.1 Å². The van der Waals surface area contributed by atoms with Crippen molar-refractivity contribution in [3.05, 3.63) is 64.7 Å². The monoisotopic (exact) mass is 391 g/mol. The van der Waals surface area contributed by atoms with Gasteiger partial charge in [0.05, 0.1) is 0 Å². The number of aldehydes is 1. The van der Waals surface area contributed by atoms with Crippen LogP contribution in [0.1, 0.15) is 29.2 Å². The molecule has 0 N–H and O–H groups in total. The third kappa shape index (κ3) is 5.07. The minimum absolute atomic E-state index is 0.832. The zero-order chi connectivity index (χ0) is 20.8. The molecule has 0 bridgehead atoms. The molecule has 0 spiro atoms. The molecule has 1 aliphatic heterocycles. The van der Waals surface area contributed by atoms with Crippen LogP contribution in [0.3, 0.4) is 0 Å². The summed E-state index contributed by atoms with van der Waals surface area (Å²) < 4.78 is 0. The number of rotatable bonds is 7. The standard InChI is InChI=1S/C25H33N3O/c1-5-26(4)25-18-22(11-12-23(25)9-7-17-29)19-27-13-15-28(16-14-27)24-10-6-8-20(2)21(24)3/h6-12,17-18H,5,13-16,19H2,1-4H3/b9-7-. The minimum Gasteiger partial charge on any atom is -0.374 e. The predicted octanol–water partition coefficient (Wildman–Crippen LogP) is 4.29. The van der Waals surface area contributed by atoms with Crippen molar-refractivity contribution in [2.24, 2.45) is 0 Å². The number of benzene rings is 2. The SMILES string of the molecule is CCN(C)c1cc(CN2CCN(c3cccc(C)c3C)CC2)ccc1/C=C\C=O. The maximum absolute atomic E-state index is 10.7. The van der Waals surface area contributed by atoms with Crippen LogP contribution in [0.4, 0.5) is 11.4 Å². The van der Waals surface area contributed by atoms with Crippen molar-refractivity contribution in [1.82, 2.24) is 4.90 Å². The van der Waals surface area contributed by atoms with E-state index in [1.165, 1.54) is 28.1 Å². The molecule has 0 radical (unpaired) electrons. The van der Waals surface area contributed by atoms with Gasteiger partial charge in [0, 0.05) is 57.7 Å². The highest BCUT2D eigenvalue weighted by Gasteiger charge is 2.19. The first kappa shape index (κ1) is 21.1. The third-order valence-electron chi connectivity index (χ3n) is 6.03. The van der Waals surface area contributed by atoms with Crippen molar-refractivity contribution in [2.75, 3.05) is 49.6 Å². The van der Waals surface area contributed by atoms with Gasteiger partial charge in [0.25, 0.3) is 0 Å². The average molecular weight is 392 g/mol. The van der Waals surface area contributed by atoms with Crippen molar-refractivity contribution in [1.29, 1.82) is 0 Å². The highest BCUT2D eigenvalue weighted by Crippen LogP contribution is 2.26. The third-order valence-corrected chi connectivity index (χ3v) is 6.03. The summed E-state index contributed by atoms with van der Waals surface area (Å²) in [5.74, 6) is 0. The van der Waals surface area contributed by atoms with Gasteiger partial charge in [-0.05, 0) is 67.3 Å². The molecule has 0 aliphatic carbocycles. The zero-order valence-electron chi connectivity index (χ0n) is 18.2. The predicted molar refractivity (Wildman–Crippen MR) is 124 cm³/mol. The molecule has 1 fully saturated rings. The van der Waals surface area contributed by atoms with Gasteiger partial charge in [-0.2, -0.15) is 0 Å². The number of aryl methyl sites for hydroxylation is 1. The summed E-state index contributed by atoms with van der Waals surface area (Å²) in [6.07, 6.45) is 4.29. The molecular weight excluding hydrogens is 358 g/mol. The average Bonchev–Trinajstić information content (AvgIpc) is 2.75. The van der Waals surface area contributed by atoms with Crippen LogP contribution >= 0.6 is 0 Å². The van der Waals surface area contributed by atoms with Crippen LogP contribution in [0.25, 0.3) is 6.08 Å². The Balaban J connectivity index is 1.67. The Morgan fingerprint density at radius 1 is 1.07 bits per heavy atom. The summed E-state index contributed by atoms with van der Waals surface area (Å²) in [6, 6.07) is 13.2. The molecule has 1 saturated heterocycles. The number of hydrogen-bond donors (Lipinski definition) is 0. The number of piperazine rings is 1. The maximum atomic E-state index is 10.7. The quantitative estimate of drug-likeness (QED) is 0.520. The molecule has 0 unspecified atom stereocenters. The first-order valence-corrected chi connectivity index (χ1v) is 10.5. The van der Waals surface area contributed by atoms with Crippen molar-refractivity contribution in [3.8, 4) is 0 Å². The van der Waals surface area contributed by atoms with Gasteiger partial charge in [-0.3, -0.25) is 9.69 Å². The summed E-state index contributed by atoms with van der Waals surface area (Å²) in [6.45, 7) is 12.7. The maximum Gasteiger partial charge on any atom is 0.142 e. The van der Waals surface area contributed by atoms with Crippen LogP contribution in [0.15, 0.2) is 42.5 Å². The van der Waals surface area contributed by atoms with Crippen molar-refractivity contribution < 1.29 is 4.79 Å². The van der Waals surface area contributed by atoms with E-state index >= 15 is 0 Å². The number of nitrogens with zero attached hydrogens (tertiary/aromatic N) is 3. The van der Waals surface area contributed by atoms with E-state index in [1.807, 2.05) is 6.08 Å². The van der Waals surface area contributed by atoms with E-state index in [9.17, 15) is 4.79 Å². The van der Waals surface area contributed by atoms with Crippen LogP contribution in [-0.2, 0) is 11.3 Å². The lowest BCUT2D eigenvalue weighted by molar-refractivity contribution is -0.104. The minimum atomic E-state index is 0.832. The van der Waals surface area contributed by atoms with Gasteiger partial charge in [-0.25, -0.2) is 0 Å². The van der Waals surface area contributed by atoms with Crippen LogP contribution < -0.4 is 9.80 Å². The molecule has 1 aliphatic rings. The first-order chi connectivity index (χ1) is 14.0. The molecule has 3 rings (SSSR count). The summed E-state index contributed by atoms with van der Waals surface area (Å²) in [4.78, 5) is 18.0. The van der Waals surface area contributed by atoms with Crippen LogP contribution in [0, 0.1) is 13.8 Å². The molecule has 2 aromatic rings. The molecule has 4 heteroatoms. The Hall–Kier alpha value is -2.59. The van der Waals surface area contributed by atoms with E-state index in [4.69, 9.17) is 0 Å². The lowest BCUT2D eigenvalue weighted by Crippen LogP contribution is -2.46. The topological polar surface area (TPSA) is 26.8 Å².